The third-order valence-corrected chi connectivity index (χ3v) is 6.57. The van der Waals surface area contributed by atoms with E-state index in [1.54, 1.807) is 0 Å². The first-order valence-electron chi connectivity index (χ1n) is 11.1. The Kier molecular flexibility index (Phi) is 8.04. The van der Waals surface area contributed by atoms with E-state index in [1.807, 2.05) is 60.7 Å². The van der Waals surface area contributed by atoms with Crippen LogP contribution in [0, 0.1) is 5.92 Å². The molecule has 0 amide bonds. The van der Waals surface area contributed by atoms with E-state index >= 15 is 0 Å². The quantitative estimate of drug-likeness (QED) is 0.480. The third-order valence-electron chi connectivity index (χ3n) is 6.57. The first kappa shape index (κ1) is 24.0. The highest BCUT2D eigenvalue weighted by Gasteiger charge is 2.48. The van der Waals surface area contributed by atoms with Crippen LogP contribution < -0.4 is 10.5 Å². The minimum atomic E-state index is -0.674. The van der Waals surface area contributed by atoms with Gasteiger partial charge in [0.05, 0.1) is 13.1 Å². The Bertz CT molecular complexity index is 879. The number of hydrogen-bond donors (Lipinski definition) is 1. The van der Waals surface area contributed by atoms with E-state index in [0.717, 1.165) is 31.5 Å². The number of ether oxygens (including phenoxy) is 2. The molecule has 3 saturated heterocycles. The highest BCUT2D eigenvalue weighted by atomic mass is 16.5. The van der Waals surface area contributed by atoms with Crippen molar-refractivity contribution >= 4 is 11.8 Å². The van der Waals surface area contributed by atoms with Crippen molar-refractivity contribution in [3.8, 4) is 5.75 Å². The third kappa shape index (κ3) is 5.96. The highest BCUT2D eigenvalue weighted by Crippen LogP contribution is 2.35. The molecule has 0 unspecified atom stereocenters. The molecular weight excluding hydrogens is 404 g/mol. The molecule has 0 aliphatic carbocycles. The van der Waals surface area contributed by atoms with Gasteiger partial charge in [-0.2, -0.15) is 0 Å². The van der Waals surface area contributed by atoms with Crippen LogP contribution in [0.1, 0.15) is 25.8 Å². The van der Waals surface area contributed by atoms with Crippen molar-refractivity contribution in [1.82, 2.24) is 0 Å². The van der Waals surface area contributed by atoms with E-state index in [1.165, 1.54) is 0 Å². The Hall–Kier alpha value is -2.70. The van der Waals surface area contributed by atoms with Crippen molar-refractivity contribution in [2.75, 3.05) is 32.8 Å². The molecule has 6 heteroatoms. The molecule has 0 spiro atoms. The van der Waals surface area contributed by atoms with Gasteiger partial charge >= 0.3 is 5.97 Å². The SMILES string of the molecule is C.N[C@@H](Cc1ccccc1)C(=O)O[C@H]1C[N+]2(CC(=O)COc3ccccc3)CCC1CC2. The minimum absolute atomic E-state index is 0. The van der Waals surface area contributed by atoms with Gasteiger partial charge in [0.15, 0.2) is 12.7 Å². The number of piperidine rings is 3. The van der Waals surface area contributed by atoms with Gasteiger partial charge in [-0.1, -0.05) is 56.0 Å². The lowest BCUT2D eigenvalue weighted by Gasteiger charge is -2.51. The van der Waals surface area contributed by atoms with Crippen molar-refractivity contribution in [2.24, 2.45) is 11.7 Å². The summed E-state index contributed by atoms with van der Waals surface area (Å²) in [7, 11) is 0. The fourth-order valence-electron chi connectivity index (χ4n) is 4.87. The van der Waals surface area contributed by atoms with E-state index < -0.39 is 6.04 Å². The maximum absolute atomic E-state index is 12.6. The Morgan fingerprint density at radius 2 is 1.62 bits per heavy atom. The number of carbonyl (C=O) groups is 2. The summed E-state index contributed by atoms with van der Waals surface area (Å²) in [5.74, 6) is 0.797. The Labute approximate surface area is 190 Å². The first-order chi connectivity index (χ1) is 15.0. The maximum atomic E-state index is 12.6. The second kappa shape index (κ2) is 10.7. The average Bonchev–Trinajstić information content (AvgIpc) is 2.79. The molecule has 6 nitrogen and oxygen atoms in total. The molecule has 0 radical (unpaired) electrons. The number of ketones is 1. The number of para-hydroxylation sites is 1. The van der Waals surface area contributed by atoms with Crippen LogP contribution in [0.4, 0.5) is 0 Å². The molecule has 0 saturated carbocycles. The van der Waals surface area contributed by atoms with Crippen molar-refractivity contribution in [1.29, 1.82) is 0 Å². The predicted octanol–water partition coefficient (Wildman–Crippen LogP) is 2.99. The lowest BCUT2D eigenvalue weighted by atomic mass is 9.83. The number of nitrogens with zero attached hydrogens (tertiary/aromatic N) is 1. The zero-order valence-electron chi connectivity index (χ0n) is 17.8. The number of esters is 1. The Morgan fingerprint density at radius 1 is 1.00 bits per heavy atom. The minimum Gasteiger partial charge on any atom is -0.486 e. The van der Waals surface area contributed by atoms with Gasteiger partial charge in [0, 0.05) is 18.8 Å². The molecule has 5 rings (SSSR count). The molecular formula is C26H35N2O4+. The van der Waals surface area contributed by atoms with Gasteiger partial charge in [0.1, 0.15) is 24.9 Å². The van der Waals surface area contributed by atoms with Gasteiger partial charge in [-0.15, -0.1) is 0 Å². The molecule has 3 heterocycles. The second-order valence-electron chi connectivity index (χ2n) is 8.88. The summed E-state index contributed by atoms with van der Waals surface area (Å²) >= 11 is 0. The summed E-state index contributed by atoms with van der Waals surface area (Å²) in [5, 5.41) is 0. The number of Topliss-reactive ketones (excluding diaryl/α,β-unsaturated/α-hetero) is 1. The van der Waals surface area contributed by atoms with Crippen LogP contribution in [0.15, 0.2) is 60.7 Å². The fourth-order valence-corrected chi connectivity index (χ4v) is 4.87. The van der Waals surface area contributed by atoms with Crippen molar-refractivity contribution in [2.45, 2.75) is 38.8 Å². The number of rotatable bonds is 9. The van der Waals surface area contributed by atoms with Crippen LogP contribution in [0.25, 0.3) is 0 Å². The zero-order chi connectivity index (χ0) is 21.7. The smallest absolute Gasteiger partial charge is 0.323 e. The van der Waals surface area contributed by atoms with Gasteiger partial charge in [0.25, 0.3) is 0 Å². The summed E-state index contributed by atoms with van der Waals surface area (Å²) in [5.41, 5.74) is 7.14. The normalized spacial score (nSPS) is 24.8. The summed E-state index contributed by atoms with van der Waals surface area (Å²) < 4.78 is 12.2. The highest BCUT2D eigenvalue weighted by molar-refractivity contribution is 5.81. The van der Waals surface area contributed by atoms with E-state index in [9.17, 15) is 9.59 Å². The summed E-state index contributed by atoms with van der Waals surface area (Å²) in [6, 6.07) is 18.5. The van der Waals surface area contributed by atoms with Gasteiger partial charge in [0.2, 0.25) is 5.78 Å². The Balaban J connectivity index is 0.00000289. The maximum Gasteiger partial charge on any atom is 0.323 e. The molecule has 2 aromatic carbocycles. The van der Waals surface area contributed by atoms with Crippen LogP contribution >= 0.6 is 0 Å². The molecule has 2 aromatic rings. The lowest BCUT2D eigenvalue weighted by Crippen LogP contribution is -2.66. The van der Waals surface area contributed by atoms with Crippen LogP contribution in [-0.4, -0.2) is 61.2 Å². The second-order valence-corrected chi connectivity index (χ2v) is 8.88. The van der Waals surface area contributed by atoms with Crippen LogP contribution in [0.2, 0.25) is 0 Å². The van der Waals surface area contributed by atoms with Crippen LogP contribution in [-0.2, 0) is 20.7 Å². The van der Waals surface area contributed by atoms with Crippen molar-refractivity contribution in [3.63, 3.8) is 0 Å². The molecule has 0 aromatic heterocycles. The summed E-state index contributed by atoms with van der Waals surface area (Å²) in [6.45, 7) is 3.08. The molecule has 3 aliphatic heterocycles. The number of hydrogen-bond acceptors (Lipinski definition) is 5. The fraction of sp³-hybridized carbons (Fsp3) is 0.462. The van der Waals surface area contributed by atoms with Crippen molar-refractivity contribution < 1.29 is 23.5 Å². The predicted molar refractivity (Wildman–Crippen MR) is 124 cm³/mol. The lowest BCUT2D eigenvalue weighted by molar-refractivity contribution is -0.939. The average molecular weight is 440 g/mol. The Morgan fingerprint density at radius 3 is 2.28 bits per heavy atom. The molecule has 2 atom stereocenters. The van der Waals surface area contributed by atoms with E-state index in [0.29, 0.717) is 35.7 Å². The van der Waals surface area contributed by atoms with E-state index in [4.69, 9.17) is 15.2 Å². The number of benzene rings is 2. The topological polar surface area (TPSA) is 78.6 Å². The van der Waals surface area contributed by atoms with Gasteiger partial charge in [-0.3, -0.25) is 9.59 Å². The number of nitrogens with two attached hydrogens (primary N) is 1. The molecule has 3 aliphatic rings. The first-order valence-corrected chi connectivity index (χ1v) is 11.1. The summed E-state index contributed by atoms with van der Waals surface area (Å²) in [6.07, 6.45) is 2.24. The molecule has 32 heavy (non-hydrogen) atoms. The van der Waals surface area contributed by atoms with E-state index in [2.05, 4.69) is 0 Å². The largest absolute Gasteiger partial charge is 0.486 e. The van der Waals surface area contributed by atoms with Gasteiger partial charge in [-0.05, 0) is 24.1 Å². The number of fused-ring (bicyclic) bond motifs is 3. The summed E-state index contributed by atoms with van der Waals surface area (Å²) in [4.78, 5) is 25.3. The number of carbonyl (C=O) groups excluding carboxylic acids is 2. The van der Waals surface area contributed by atoms with Crippen LogP contribution in [0.3, 0.4) is 0 Å². The molecule has 2 bridgehead atoms. The van der Waals surface area contributed by atoms with Crippen molar-refractivity contribution in [3.05, 3.63) is 66.2 Å². The van der Waals surface area contributed by atoms with Gasteiger partial charge in [-0.25, -0.2) is 0 Å². The van der Waals surface area contributed by atoms with E-state index in [-0.39, 0.29) is 31.9 Å². The van der Waals surface area contributed by atoms with Gasteiger partial charge < -0.3 is 19.7 Å². The monoisotopic (exact) mass is 439 g/mol. The molecule has 2 N–H and O–H groups in total. The standard InChI is InChI=1S/C25H31N2O4.CH4/c26-23(15-19-7-3-1-4-8-19)25(29)31-24-17-27(13-11-20(24)12-14-27)16-21(28)18-30-22-9-5-2-6-10-22;/h1-10,20,23-24H,11-18,26H2;1H4/q+1;/t20?,23-,24-,27?;/m0./s1. The number of quaternary nitrogens is 1. The van der Waals surface area contributed by atoms with Crippen LogP contribution in [0.5, 0.6) is 5.75 Å². The molecule has 172 valence electrons. The molecule has 3 fully saturated rings. The zero-order valence-corrected chi connectivity index (χ0v) is 17.8.